The number of pyridine rings is 1. The van der Waals surface area contributed by atoms with E-state index in [1.54, 1.807) is 12.3 Å². The molecule has 3 N–H and O–H groups in total. The minimum absolute atomic E-state index is 0.0196. The molecule has 1 atom stereocenters. The lowest BCUT2D eigenvalue weighted by atomic mass is 10.1. The zero-order valence-electron chi connectivity index (χ0n) is 10.2. The Labute approximate surface area is 107 Å². The minimum atomic E-state index is -0.0196. The maximum Gasteiger partial charge on any atom is 0.224 e. The zero-order valence-corrected chi connectivity index (χ0v) is 10.9. The van der Waals surface area contributed by atoms with E-state index in [1.807, 2.05) is 13.8 Å². The first-order valence-corrected chi connectivity index (χ1v) is 6.02. The molecule has 0 spiro atoms. The van der Waals surface area contributed by atoms with Crippen LogP contribution < -0.4 is 11.1 Å². The van der Waals surface area contributed by atoms with Gasteiger partial charge in [-0.3, -0.25) is 4.79 Å². The van der Waals surface area contributed by atoms with Gasteiger partial charge in [0.15, 0.2) is 0 Å². The van der Waals surface area contributed by atoms with Crippen LogP contribution in [0.2, 0.25) is 5.15 Å². The number of nitrogens with two attached hydrogens (primary N) is 1. The van der Waals surface area contributed by atoms with Gasteiger partial charge >= 0.3 is 0 Å². The van der Waals surface area contributed by atoms with Crippen LogP contribution in [0.3, 0.4) is 0 Å². The number of nitrogens with zero attached hydrogens (tertiary/aromatic N) is 1. The first kappa shape index (κ1) is 13.9. The van der Waals surface area contributed by atoms with Crippen LogP contribution in [0.5, 0.6) is 0 Å². The summed E-state index contributed by atoms with van der Waals surface area (Å²) in [4.78, 5) is 15.6. The maximum atomic E-state index is 11.6. The molecular weight excluding hydrogens is 238 g/mol. The highest BCUT2D eigenvalue weighted by Crippen LogP contribution is 2.16. The molecule has 0 fully saturated rings. The van der Waals surface area contributed by atoms with E-state index in [-0.39, 0.29) is 5.91 Å². The van der Waals surface area contributed by atoms with Gasteiger partial charge in [0.25, 0.3) is 0 Å². The third-order valence-electron chi connectivity index (χ3n) is 2.56. The van der Waals surface area contributed by atoms with Crippen molar-refractivity contribution in [1.82, 2.24) is 4.98 Å². The number of carbonyl (C=O) groups is 1. The Bertz CT molecular complexity index is 395. The smallest absolute Gasteiger partial charge is 0.224 e. The number of hydrogen-bond acceptors (Lipinski definition) is 3. The molecule has 94 valence electrons. The number of nitrogens with one attached hydrogen (secondary N) is 1. The summed E-state index contributed by atoms with van der Waals surface area (Å²) in [7, 11) is 0. The van der Waals surface area contributed by atoms with E-state index in [2.05, 4.69) is 10.3 Å². The van der Waals surface area contributed by atoms with Crippen LogP contribution in [-0.2, 0) is 4.79 Å². The van der Waals surface area contributed by atoms with Gasteiger partial charge in [0, 0.05) is 6.42 Å². The standard InChI is InChI=1S/C12H18ClN3O/c1-8(6-14)3-4-11(17)16-10-5-9(2)12(13)15-7-10/h5,7-8H,3-4,6,14H2,1-2H3,(H,16,17). The van der Waals surface area contributed by atoms with Gasteiger partial charge in [-0.05, 0) is 37.4 Å². The van der Waals surface area contributed by atoms with Crippen molar-refractivity contribution in [3.8, 4) is 0 Å². The molecule has 0 bridgehead atoms. The molecule has 1 aromatic heterocycles. The molecule has 1 aromatic rings. The second kappa shape index (κ2) is 6.57. The van der Waals surface area contributed by atoms with Crippen molar-refractivity contribution in [3.05, 3.63) is 23.0 Å². The SMILES string of the molecule is Cc1cc(NC(=O)CCC(C)CN)cnc1Cl. The van der Waals surface area contributed by atoms with Gasteiger partial charge in [-0.15, -0.1) is 0 Å². The fraction of sp³-hybridized carbons (Fsp3) is 0.500. The summed E-state index contributed by atoms with van der Waals surface area (Å²) >= 11 is 5.80. The molecule has 0 saturated carbocycles. The topological polar surface area (TPSA) is 68.0 Å². The highest BCUT2D eigenvalue weighted by atomic mass is 35.5. The average molecular weight is 256 g/mol. The lowest BCUT2D eigenvalue weighted by Gasteiger charge is -2.09. The van der Waals surface area contributed by atoms with Crippen LogP contribution in [-0.4, -0.2) is 17.4 Å². The molecule has 17 heavy (non-hydrogen) atoms. The van der Waals surface area contributed by atoms with E-state index in [1.165, 1.54) is 0 Å². The van der Waals surface area contributed by atoms with E-state index < -0.39 is 0 Å². The Morgan fingerprint density at radius 3 is 2.94 bits per heavy atom. The van der Waals surface area contributed by atoms with Gasteiger partial charge in [-0.1, -0.05) is 18.5 Å². The Morgan fingerprint density at radius 1 is 1.65 bits per heavy atom. The van der Waals surface area contributed by atoms with E-state index in [9.17, 15) is 4.79 Å². The lowest BCUT2D eigenvalue weighted by molar-refractivity contribution is -0.116. The second-order valence-corrected chi connectivity index (χ2v) is 4.62. The lowest BCUT2D eigenvalue weighted by Crippen LogP contribution is -2.16. The number of halogens is 1. The van der Waals surface area contributed by atoms with Crippen molar-refractivity contribution in [2.45, 2.75) is 26.7 Å². The van der Waals surface area contributed by atoms with Crippen molar-refractivity contribution < 1.29 is 4.79 Å². The van der Waals surface area contributed by atoms with Gasteiger partial charge in [0.05, 0.1) is 11.9 Å². The summed E-state index contributed by atoms with van der Waals surface area (Å²) in [5.74, 6) is 0.347. The van der Waals surface area contributed by atoms with Crippen LogP contribution >= 0.6 is 11.6 Å². The summed E-state index contributed by atoms with van der Waals surface area (Å²) in [5, 5.41) is 3.25. The van der Waals surface area contributed by atoms with Gasteiger partial charge < -0.3 is 11.1 Å². The van der Waals surface area contributed by atoms with Crippen LogP contribution in [0.15, 0.2) is 12.3 Å². The molecular formula is C12H18ClN3O. The van der Waals surface area contributed by atoms with E-state index in [0.717, 1.165) is 12.0 Å². The summed E-state index contributed by atoms with van der Waals surface area (Å²) < 4.78 is 0. The largest absolute Gasteiger partial charge is 0.330 e. The molecule has 0 aromatic carbocycles. The third-order valence-corrected chi connectivity index (χ3v) is 2.96. The number of aromatic nitrogens is 1. The van der Waals surface area contributed by atoms with Gasteiger partial charge in [-0.2, -0.15) is 0 Å². The predicted octanol–water partition coefficient (Wildman–Crippen LogP) is 2.36. The van der Waals surface area contributed by atoms with Crippen molar-refractivity contribution in [2.24, 2.45) is 11.7 Å². The number of hydrogen-bond donors (Lipinski definition) is 2. The molecule has 0 saturated heterocycles. The quantitative estimate of drug-likeness (QED) is 0.794. The normalized spacial score (nSPS) is 12.2. The summed E-state index contributed by atoms with van der Waals surface area (Å²) in [6.07, 6.45) is 2.82. The van der Waals surface area contributed by atoms with Crippen LogP contribution in [0.25, 0.3) is 0 Å². The number of amides is 1. The fourth-order valence-corrected chi connectivity index (χ4v) is 1.45. The van der Waals surface area contributed by atoms with Crippen molar-refractivity contribution in [2.75, 3.05) is 11.9 Å². The average Bonchev–Trinajstić information content (AvgIpc) is 2.31. The summed E-state index contributed by atoms with van der Waals surface area (Å²) in [5.41, 5.74) is 7.02. The molecule has 1 amide bonds. The van der Waals surface area contributed by atoms with Gasteiger partial charge in [0.1, 0.15) is 5.15 Å². The van der Waals surface area contributed by atoms with Crippen molar-refractivity contribution in [3.63, 3.8) is 0 Å². The van der Waals surface area contributed by atoms with Crippen LogP contribution in [0, 0.1) is 12.8 Å². The number of aryl methyl sites for hydroxylation is 1. The minimum Gasteiger partial charge on any atom is -0.330 e. The van der Waals surface area contributed by atoms with E-state index >= 15 is 0 Å². The van der Waals surface area contributed by atoms with Gasteiger partial charge in [0.2, 0.25) is 5.91 Å². The molecule has 0 aliphatic rings. The molecule has 0 radical (unpaired) electrons. The van der Waals surface area contributed by atoms with Gasteiger partial charge in [-0.25, -0.2) is 4.98 Å². The molecule has 0 aliphatic heterocycles. The fourth-order valence-electron chi connectivity index (χ4n) is 1.35. The second-order valence-electron chi connectivity index (χ2n) is 4.26. The predicted molar refractivity (Wildman–Crippen MR) is 70.1 cm³/mol. The molecule has 5 heteroatoms. The molecule has 1 heterocycles. The Balaban J connectivity index is 2.48. The summed E-state index contributed by atoms with van der Waals surface area (Å²) in [6, 6.07) is 1.81. The monoisotopic (exact) mass is 255 g/mol. The first-order chi connectivity index (χ1) is 8.02. The molecule has 0 aliphatic carbocycles. The van der Waals surface area contributed by atoms with Crippen LogP contribution in [0.4, 0.5) is 5.69 Å². The zero-order chi connectivity index (χ0) is 12.8. The number of anilines is 1. The highest BCUT2D eigenvalue weighted by Gasteiger charge is 2.07. The Hall–Kier alpha value is -1.13. The Kier molecular flexibility index (Phi) is 5.38. The maximum absolute atomic E-state index is 11.6. The van der Waals surface area contributed by atoms with Crippen molar-refractivity contribution in [1.29, 1.82) is 0 Å². The molecule has 4 nitrogen and oxygen atoms in total. The first-order valence-electron chi connectivity index (χ1n) is 5.65. The highest BCUT2D eigenvalue weighted by molar-refractivity contribution is 6.30. The Morgan fingerprint density at radius 2 is 2.35 bits per heavy atom. The molecule has 1 rings (SSSR count). The third kappa shape index (κ3) is 4.71. The number of rotatable bonds is 5. The summed E-state index contributed by atoms with van der Waals surface area (Å²) in [6.45, 7) is 4.48. The van der Waals surface area contributed by atoms with E-state index in [4.69, 9.17) is 17.3 Å². The number of carbonyl (C=O) groups excluding carboxylic acids is 1. The van der Waals surface area contributed by atoms with E-state index in [0.29, 0.717) is 29.7 Å². The molecule has 1 unspecified atom stereocenters. The van der Waals surface area contributed by atoms with Crippen molar-refractivity contribution >= 4 is 23.2 Å². The van der Waals surface area contributed by atoms with Crippen LogP contribution in [0.1, 0.15) is 25.3 Å².